The molecule has 0 spiro atoms. The minimum absolute atomic E-state index is 0.0307. The quantitative estimate of drug-likeness (QED) is 0.117. The van der Waals surface area contributed by atoms with Crippen LogP contribution in [0.4, 0.5) is 0 Å². The SMILES string of the molecule is CC(C)OC(=O)CCCCC/C=C\C[C@@H]1[C@@H](CO[Si](C)(C)C(C)(C)C)[C@H](OC2CCCCO2)C[C@@H]1O. The van der Waals surface area contributed by atoms with Crippen molar-refractivity contribution in [1.82, 2.24) is 0 Å². The lowest BCUT2D eigenvalue weighted by Crippen LogP contribution is -2.44. The van der Waals surface area contributed by atoms with E-state index in [1.54, 1.807) is 0 Å². The number of carbonyl (C=O) groups excluding carboxylic acids is 1. The van der Waals surface area contributed by atoms with Gasteiger partial charge in [0, 0.05) is 32.0 Å². The van der Waals surface area contributed by atoms with Crippen molar-refractivity contribution in [2.45, 2.75) is 142 Å². The Bertz CT molecular complexity index is 665. The minimum atomic E-state index is -1.90. The summed E-state index contributed by atoms with van der Waals surface area (Å²) in [5.74, 6) is 0.193. The molecular weight excluding hydrogens is 472 g/mol. The largest absolute Gasteiger partial charge is 0.463 e. The smallest absolute Gasteiger partial charge is 0.306 e. The zero-order valence-electron chi connectivity index (χ0n) is 24.1. The van der Waals surface area contributed by atoms with Gasteiger partial charge in [-0.25, -0.2) is 0 Å². The zero-order valence-corrected chi connectivity index (χ0v) is 25.1. The van der Waals surface area contributed by atoms with E-state index in [-0.39, 0.29) is 47.4 Å². The van der Waals surface area contributed by atoms with Crippen LogP contribution in [0.15, 0.2) is 12.2 Å². The van der Waals surface area contributed by atoms with E-state index < -0.39 is 8.32 Å². The van der Waals surface area contributed by atoms with Crippen molar-refractivity contribution in [1.29, 1.82) is 0 Å². The first-order valence-electron chi connectivity index (χ1n) is 14.3. The highest BCUT2D eigenvalue weighted by Crippen LogP contribution is 2.42. The highest BCUT2D eigenvalue weighted by molar-refractivity contribution is 6.74. The summed E-state index contributed by atoms with van der Waals surface area (Å²) in [7, 11) is -1.90. The Labute approximate surface area is 221 Å². The van der Waals surface area contributed by atoms with Gasteiger partial charge in [0.1, 0.15) is 0 Å². The predicted octanol–water partition coefficient (Wildman–Crippen LogP) is 6.77. The molecular formula is C29H54O6Si. The van der Waals surface area contributed by atoms with Crippen molar-refractivity contribution in [3.05, 3.63) is 12.2 Å². The van der Waals surface area contributed by atoms with E-state index in [1.807, 2.05) is 13.8 Å². The molecule has 0 bridgehead atoms. The highest BCUT2D eigenvalue weighted by Gasteiger charge is 2.46. The summed E-state index contributed by atoms with van der Waals surface area (Å²) in [6, 6.07) is 0. The molecule has 6 nitrogen and oxygen atoms in total. The van der Waals surface area contributed by atoms with Crippen molar-refractivity contribution in [2.75, 3.05) is 13.2 Å². The molecule has 2 aliphatic rings. The maximum atomic E-state index is 11.6. The van der Waals surface area contributed by atoms with Crippen molar-refractivity contribution in [3.63, 3.8) is 0 Å². The summed E-state index contributed by atoms with van der Waals surface area (Å²) in [4.78, 5) is 11.6. The third kappa shape index (κ3) is 10.6. The molecule has 7 heteroatoms. The van der Waals surface area contributed by atoms with Gasteiger partial charge in [0.05, 0.1) is 18.3 Å². The van der Waals surface area contributed by atoms with E-state index in [0.717, 1.165) is 58.0 Å². The van der Waals surface area contributed by atoms with Gasteiger partial charge in [0.25, 0.3) is 0 Å². The fourth-order valence-electron chi connectivity index (χ4n) is 4.80. The average molecular weight is 527 g/mol. The summed E-state index contributed by atoms with van der Waals surface area (Å²) in [5.41, 5.74) is 0. The van der Waals surface area contributed by atoms with Crippen LogP contribution in [0.3, 0.4) is 0 Å². The van der Waals surface area contributed by atoms with E-state index in [9.17, 15) is 9.90 Å². The molecule has 1 saturated carbocycles. The van der Waals surface area contributed by atoms with Gasteiger partial charge in [0.15, 0.2) is 14.6 Å². The van der Waals surface area contributed by atoms with Crippen molar-refractivity contribution < 1.29 is 28.5 Å². The standard InChI is InChI=1S/C29H54O6Si/c1-22(2)34-27(31)17-13-11-9-8-10-12-16-23-24(21-33-36(6,7)29(3,4)5)26(20-25(23)30)35-28-18-14-15-19-32-28/h10,12,22-26,28,30H,8-9,11,13-21H2,1-7H3/b12-10-/t23-,24-,25+,26-,28?/m1/s1. The summed E-state index contributed by atoms with van der Waals surface area (Å²) < 4.78 is 24.1. The van der Waals surface area contributed by atoms with Crippen molar-refractivity contribution >= 4 is 14.3 Å². The van der Waals surface area contributed by atoms with E-state index in [2.05, 4.69) is 46.0 Å². The lowest BCUT2D eigenvalue weighted by Gasteiger charge is -2.38. The zero-order chi connectivity index (χ0) is 26.8. The molecule has 1 N–H and O–H groups in total. The number of rotatable bonds is 14. The molecule has 0 aromatic rings. The summed E-state index contributed by atoms with van der Waals surface area (Å²) in [5, 5.41) is 11.1. The third-order valence-electron chi connectivity index (χ3n) is 8.10. The van der Waals surface area contributed by atoms with Gasteiger partial charge in [-0.15, -0.1) is 0 Å². The summed E-state index contributed by atoms with van der Waals surface area (Å²) in [6.07, 6.45) is 12.9. The molecule has 1 aliphatic heterocycles. The second-order valence-corrected chi connectivity index (χ2v) is 17.3. The second kappa shape index (κ2) is 15.0. The van der Waals surface area contributed by atoms with Crippen LogP contribution in [0.5, 0.6) is 0 Å². The molecule has 2 fully saturated rings. The van der Waals surface area contributed by atoms with Crippen LogP contribution in [0, 0.1) is 11.8 Å². The molecule has 5 atom stereocenters. The molecule has 0 aromatic carbocycles. The topological polar surface area (TPSA) is 74.2 Å². The Morgan fingerprint density at radius 1 is 1.11 bits per heavy atom. The first-order chi connectivity index (χ1) is 16.9. The van der Waals surface area contributed by atoms with Gasteiger partial charge in [-0.2, -0.15) is 0 Å². The van der Waals surface area contributed by atoms with Gasteiger partial charge >= 0.3 is 5.97 Å². The molecule has 2 rings (SSSR count). The summed E-state index contributed by atoms with van der Waals surface area (Å²) in [6.45, 7) is 16.5. The van der Waals surface area contributed by atoms with Gasteiger partial charge in [-0.3, -0.25) is 4.79 Å². The number of esters is 1. The van der Waals surface area contributed by atoms with E-state index in [4.69, 9.17) is 18.6 Å². The molecule has 210 valence electrons. The van der Waals surface area contributed by atoms with Gasteiger partial charge < -0.3 is 23.7 Å². The van der Waals surface area contributed by atoms with Crippen LogP contribution < -0.4 is 0 Å². The first-order valence-corrected chi connectivity index (χ1v) is 17.2. The van der Waals surface area contributed by atoms with Crippen LogP contribution in [-0.4, -0.2) is 57.2 Å². The third-order valence-corrected chi connectivity index (χ3v) is 12.6. The molecule has 1 aliphatic carbocycles. The lowest BCUT2D eigenvalue weighted by molar-refractivity contribution is -0.197. The Morgan fingerprint density at radius 2 is 1.86 bits per heavy atom. The Hall–Kier alpha value is -0.733. The van der Waals surface area contributed by atoms with E-state index in [1.165, 1.54) is 0 Å². The van der Waals surface area contributed by atoms with Gasteiger partial charge in [-0.05, 0) is 82.8 Å². The second-order valence-electron chi connectivity index (χ2n) is 12.5. The van der Waals surface area contributed by atoms with Crippen LogP contribution in [0.2, 0.25) is 18.1 Å². The number of aliphatic hydroxyl groups excluding tert-OH is 1. The number of hydrogen-bond acceptors (Lipinski definition) is 6. The molecule has 1 heterocycles. The fourth-order valence-corrected chi connectivity index (χ4v) is 5.85. The van der Waals surface area contributed by atoms with E-state index in [0.29, 0.717) is 19.4 Å². The van der Waals surface area contributed by atoms with Crippen LogP contribution in [0.1, 0.15) is 98.8 Å². The molecule has 0 amide bonds. The maximum absolute atomic E-state index is 11.6. The highest BCUT2D eigenvalue weighted by atomic mass is 28.4. The monoisotopic (exact) mass is 526 g/mol. The summed E-state index contributed by atoms with van der Waals surface area (Å²) >= 11 is 0. The average Bonchev–Trinajstić information content (AvgIpc) is 3.07. The Balaban J connectivity index is 1.87. The Morgan fingerprint density at radius 3 is 2.50 bits per heavy atom. The van der Waals surface area contributed by atoms with E-state index >= 15 is 0 Å². The molecule has 0 aromatic heterocycles. The Kier molecular flexibility index (Phi) is 13.1. The van der Waals surface area contributed by atoms with Gasteiger partial charge in [0.2, 0.25) is 0 Å². The molecule has 1 unspecified atom stereocenters. The number of hydrogen-bond donors (Lipinski definition) is 1. The number of carbonyl (C=O) groups is 1. The number of aliphatic hydroxyl groups is 1. The maximum Gasteiger partial charge on any atom is 0.306 e. The molecule has 0 radical (unpaired) electrons. The fraction of sp³-hybridized carbons (Fsp3) is 0.897. The number of ether oxygens (including phenoxy) is 3. The predicted molar refractivity (Wildman–Crippen MR) is 147 cm³/mol. The molecule has 36 heavy (non-hydrogen) atoms. The number of allylic oxidation sites excluding steroid dienone is 2. The van der Waals surface area contributed by atoms with Gasteiger partial charge in [-0.1, -0.05) is 39.3 Å². The lowest BCUT2D eigenvalue weighted by atomic mass is 9.91. The molecule has 1 saturated heterocycles. The minimum Gasteiger partial charge on any atom is -0.463 e. The van der Waals surface area contributed by atoms with Crippen LogP contribution in [0.25, 0.3) is 0 Å². The van der Waals surface area contributed by atoms with Crippen LogP contribution >= 0.6 is 0 Å². The van der Waals surface area contributed by atoms with Crippen molar-refractivity contribution in [2.24, 2.45) is 11.8 Å². The normalized spacial score (nSPS) is 27.8. The van der Waals surface area contributed by atoms with Crippen molar-refractivity contribution in [3.8, 4) is 0 Å². The van der Waals surface area contributed by atoms with Crippen LogP contribution in [-0.2, 0) is 23.4 Å². The number of unbranched alkanes of at least 4 members (excludes halogenated alkanes) is 3. The first kappa shape index (κ1) is 31.5.